The topological polar surface area (TPSA) is 261 Å². The second-order valence-electron chi connectivity index (χ2n) is 16.0. The highest BCUT2D eigenvalue weighted by molar-refractivity contribution is 7.46. The van der Waals surface area contributed by atoms with Crippen LogP contribution in [0.4, 0.5) is 0 Å². The normalized spacial score (nSPS) is 39.1. The lowest BCUT2D eigenvalue weighted by Gasteiger charge is -2.42. The number of ether oxygens (including phenoxy) is 8. The van der Waals surface area contributed by atoms with E-state index in [2.05, 4.69) is 4.52 Å². The summed E-state index contributed by atoms with van der Waals surface area (Å²) in [4.78, 5) is 23.7. The number of fused-ring (bicyclic) bond motifs is 1. The standard InChI is InChI=1S/C17H31B2O9P.C9H16BO6P.C8H15BO3.H2O/c1-10(2)23-9-17(8-20)14(6-16(19)27-17)28-29(21,22)24-7-13-12(25-11(3)4)5-15(18)26-13;1-6(2)13-4-9-5-14-17(11,12)16-7(9)3-8(10)15-9;1-5(2)11-6-3-8(9)12-7(6)4-10;/h10-16,20H,5-9H2,1-4H3,(H,21,22);6-8H,3-5H2,1-2H3,(H,11,12);5-8,10H,3-4H2,1-2H3;1H2/p-3/t12?,13-,14?,15-,16-,17-;7?,8-,9+;6?,7-,8-;/m111./s1. The van der Waals surface area contributed by atoms with Gasteiger partial charge in [-0.1, -0.05) is 0 Å². The SMILES string of the molecule is [B][C@H]1CC(OC(C)C)[C@@H](CO)O1.[B][C@H]1CC(OC(C)C)[C@@H](COP(=O)([O-])OC2C[C@H]([B])O[C@]2(CO)COC(C)C)O1.[B][C@H]1CC2OP(=O)([O-])OC[C@]2(COC(C)C)O1.[OH-]. The third-order valence-corrected chi connectivity index (χ3v) is 11.3. The van der Waals surface area contributed by atoms with Gasteiger partial charge in [-0.2, -0.15) is 0 Å². The van der Waals surface area contributed by atoms with E-state index in [1.807, 2.05) is 41.5 Å². The molecule has 5 saturated heterocycles. The molecule has 3 N–H and O–H groups in total. The van der Waals surface area contributed by atoms with Gasteiger partial charge in [0.25, 0.3) is 15.6 Å². The molecule has 59 heavy (non-hydrogen) atoms. The summed E-state index contributed by atoms with van der Waals surface area (Å²) in [6.07, 6.45) is -1.61. The molecule has 5 aliphatic heterocycles. The summed E-state index contributed by atoms with van der Waals surface area (Å²) < 4.78 is 87.5. The first kappa shape index (κ1) is 55.2. The first-order valence-electron chi connectivity index (χ1n) is 19.6. The molecular weight excluding hydrogens is 818 g/mol. The highest BCUT2D eigenvalue weighted by Gasteiger charge is 2.54. The van der Waals surface area contributed by atoms with Gasteiger partial charge in [-0.05, 0) is 81.1 Å². The number of hydrogen-bond donors (Lipinski definition) is 2. The summed E-state index contributed by atoms with van der Waals surface area (Å²) >= 11 is 0. The first-order valence-corrected chi connectivity index (χ1v) is 22.6. The van der Waals surface area contributed by atoms with E-state index in [4.69, 9.17) is 88.0 Å². The van der Waals surface area contributed by atoms with Gasteiger partial charge >= 0.3 is 0 Å². The monoisotopic (exact) mass is 879 g/mol. The van der Waals surface area contributed by atoms with Gasteiger partial charge in [0.2, 0.25) is 0 Å². The Labute approximate surface area is 353 Å². The van der Waals surface area contributed by atoms with Crippen molar-refractivity contribution in [1.82, 2.24) is 0 Å². The van der Waals surface area contributed by atoms with Crippen LogP contribution in [0.3, 0.4) is 0 Å². The number of aliphatic hydroxyl groups excluding tert-OH is 2. The van der Waals surface area contributed by atoms with Crippen molar-refractivity contribution in [3.8, 4) is 0 Å². The van der Waals surface area contributed by atoms with E-state index in [9.17, 15) is 24.0 Å². The lowest BCUT2D eigenvalue weighted by molar-refractivity contribution is -0.260. The number of rotatable bonds is 17. The predicted octanol–water partition coefficient (Wildman–Crippen LogP) is -0.167. The van der Waals surface area contributed by atoms with E-state index in [-0.39, 0.29) is 93.7 Å². The van der Waals surface area contributed by atoms with Crippen LogP contribution in [0.15, 0.2) is 0 Å². The van der Waals surface area contributed by atoms with Gasteiger partial charge in [0, 0.05) is 24.0 Å². The van der Waals surface area contributed by atoms with Gasteiger partial charge < -0.3 is 81.5 Å². The van der Waals surface area contributed by atoms with E-state index in [1.54, 1.807) is 13.8 Å². The average Bonchev–Trinajstić information content (AvgIpc) is 3.83. The highest BCUT2D eigenvalue weighted by atomic mass is 31.2. The van der Waals surface area contributed by atoms with Crippen LogP contribution in [-0.2, 0) is 65.1 Å². The minimum absolute atomic E-state index is 0. The fourth-order valence-corrected chi connectivity index (χ4v) is 8.73. The Bertz CT molecular complexity index is 1330. The van der Waals surface area contributed by atoms with Crippen LogP contribution in [-0.4, -0.2) is 183 Å². The van der Waals surface area contributed by atoms with Crippen molar-refractivity contribution in [2.45, 2.75) is 177 Å². The zero-order valence-corrected chi connectivity index (χ0v) is 37.0. The van der Waals surface area contributed by atoms with Crippen molar-refractivity contribution in [2.75, 3.05) is 39.6 Å². The van der Waals surface area contributed by atoms with E-state index in [0.29, 0.717) is 19.3 Å². The lowest BCUT2D eigenvalue weighted by atomic mass is 9.93. The number of phosphoric ester groups is 2. The smallest absolute Gasteiger partial charge is 0.268 e. The molecule has 0 saturated carbocycles. The van der Waals surface area contributed by atoms with E-state index < -0.39 is 69.8 Å². The molecule has 5 aliphatic rings. The Hall–Kier alpha value is 0.0397. The van der Waals surface area contributed by atoms with Gasteiger partial charge in [0.15, 0.2) is 0 Å². The highest BCUT2D eigenvalue weighted by Crippen LogP contribution is 2.52. The van der Waals surface area contributed by atoms with Gasteiger partial charge in [0.05, 0.1) is 76.3 Å². The fourth-order valence-electron chi connectivity index (χ4n) is 6.72. The molecule has 5 fully saturated rings. The van der Waals surface area contributed by atoms with Gasteiger partial charge in [-0.3, -0.25) is 9.13 Å². The van der Waals surface area contributed by atoms with Crippen LogP contribution >= 0.6 is 15.6 Å². The molecule has 0 spiro atoms. The number of hydrogen-bond acceptors (Lipinski definition) is 19. The summed E-state index contributed by atoms with van der Waals surface area (Å²) in [6.45, 7) is 14.2. The van der Waals surface area contributed by atoms with Crippen molar-refractivity contribution in [1.29, 1.82) is 0 Å². The number of aliphatic hydroxyl groups is 2. The summed E-state index contributed by atoms with van der Waals surface area (Å²) in [7, 11) is 13.8. The van der Waals surface area contributed by atoms with Gasteiger partial charge in [-0.15, -0.1) is 0 Å². The molecule has 0 bridgehead atoms. The maximum absolute atomic E-state index is 12.4. The van der Waals surface area contributed by atoms with Crippen LogP contribution < -0.4 is 9.79 Å². The molecular formula is C34H61B4O19P2-3. The maximum Gasteiger partial charge on any atom is 0.268 e. The summed E-state index contributed by atoms with van der Waals surface area (Å²) in [5, 5.41) is 18.7. The average molecular weight is 879 g/mol. The molecule has 0 amide bonds. The van der Waals surface area contributed by atoms with E-state index in [1.165, 1.54) is 0 Å². The third-order valence-electron chi connectivity index (χ3n) is 9.34. The minimum atomic E-state index is -4.77. The maximum atomic E-state index is 12.4. The van der Waals surface area contributed by atoms with Crippen LogP contribution in [0.2, 0.25) is 0 Å². The van der Waals surface area contributed by atoms with Crippen molar-refractivity contribution >= 4 is 47.0 Å². The fraction of sp³-hybridized carbons (Fsp3) is 1.00. The Morgan fingerprint density at radius 1 is 0.780 bits per heavy atom. The molecule has 25 heteroatoms. The molecule has 0 aliphatic carbocycles. The van der Waals surface area contributed by atoms with Crippen LogP contribution in [0.25, 0.3) is 0 Å². The molecule has 0 aromatic heterocycles. The molecule has 5 rings (SSSR count). The summed E-state index contributed by atoms with van der Waals surface area (Å²) in [5.74, 6) is 0. The summed E-state index contributed by atoms with van der Waals surface area (Å²) in [6, 6.07) is -2.21. The molecule has 14 atom stereocenters. The second-order valence-corrected chi connectivity index (χ2v) is 18.7. The number of phosphoric acid groups is 2. The molecule has 8 radical (unpaired) electrons. The minimum Gasteiger partial charge on any atom is -0.870 e. The quantitative estimate of drug-likeness (QED) is 0.142. The van der Waals surface area contributed by atoms with Crippen LogP contribution in [0.1, 0.15) is 81.1 Å². The third kappa shape index (κ3) is 17.5. The van der Waals surface area contributed by atoms with Crippen molar-refractivity contribution in [2.24, 2.45) is 0 Å². The Kier molecular flexibility index (Phi) is 22.8. The van der Waals surface area contributed by atoms with Crippen LogP contribution in [0.5, 0.6) is 0 Å². The molecule has 0 aromatic rings. The van der Waals surface area contributed by atoms with Gasteiger partial charge in [-0.25, -0.2) is 0 Å². The Morgan fingerprint density at radius 2 is 1.31 bits per heavy atom. The Morgan fingerprint density at radius 3 is 1.83 bits per heavy atom. The molecule has 19 nitrogen and oxygen atoms in total. The first-order chi connectivity index (χ1) is 26.9. The molecule has 0 aromatic carbocycles. The summed E-state index contributed by atoms with van der Waals surface area (Å²) in [5.41, 5.74) is -2.31. The van der Waals surface area contributed by atoms with Gasteiger partial charge in [0.1, 0.15) is 67.0 Å². The predicted molar refractivity (Wildman–Crippen MR) is 209 cm³/mol. The largest absolute Gasteiger partial charge is 0.870 e. The second kappa shape index (κ2) is 24.4. The molecule has 6 unspecified atom stereocenters. The van der Waals surface area contributed by atoms with Crippen molar-refractivity contribution in [3.05, 3.63) is 0 Å². The Balaban J connectivity index is 0.000000337. The van der Waals surface area contributed by atoms with Crippen LogP contribution in [0, 0.1) is 0 Å². The van der Waals surface area contributed by atoms with E-state index >= 15 is 0 Å². The lowest BCUT2D eigenvalue weighted by Crippen LogP contribution is -2.52. The molecule has 336 valence electrons. The zero-order valence-electron chi connectivity index (χ0n) is 35.2. The molecule has 5 heterocycles. The van der Waals surface area contributed by atoms with Crippen molar-refractivity contribution < 1.29 is 90.6 Å². The zero-order chi connectivity index (χ0) is 43.6. The van der Waals surface area contributed by atoms with Crippen molar-refractivity contribution in [3.63, 3.8) is 0 Å². The van der Waals surface area contributed by atoms with E-state index in [0.717, 1.165) is 0 Å².